The Balaban J connectivity index is 1.66. The summed E-state index contributed by atoms with van der Waals surface area (Å²) in [5.74, 6) is 0.591. The third-order valence-corrected chi connectivity index (χ3v) is 4.84. The number of halogens is 1. The Labute approximate surface area is 164 Å². The van der Waals surface area contributed by atoms with Gasteiger partial charge in [0.05, 0.1) is 6.61 Å². The van der Waals surface area contributed by atoms with Gasteiger partial charge in [-0.05, 0) is 61.9 Å². The molecule has 0 aliphatic heterocycles. The van der Waals surface area contributed by atoms with Crippen LogP contribution in [-0.2, 0) is 0 Å². The lowest BCUT2D eigenvalue weighted by molar-refractivity contribution is 0.102. The van der Waals surface area contributed by atoms with Gasteiger partial charge in [0.1, 0.15) is 11.4 Å². The topological polar surface area (TPSA) is 63.2 Å². The van der Waals surface area contributed by atoms with Crippen molar-refractivity contribution >= 4 is 49.7 Å². The molecule has 0 spiro atoms. The van der Waals surface area contributed by atoms with E-state index in [-0.39, 0.29) is 5.91 Å². The molecule has 0 radical (unpaired) electrons. The molecule has 3 aromatic rings. The molecule has 3 rings (SSSR count). The van der Waals surface area contributed by atoms with Crippen molar-refractivity contribution in [2.75, 3.05) is 17.2 Å². The molecule has 0 fully saturated rings. The van der Waals surface area contributed by atoms with Crippen molar-refractivity contribution in [3.05, 3.63) is 63.6 Å². The molecule has 1 aromatic heterocycles. The molecule has 7 heteroatoms. The minimum Gasteiger partial charge on any atom is -0.494 e. The zero-order chi connectivity index (χ0) is 18.5. The molecule has 5 nitrogen and oxygen atoms in total. The van der Waals surface area contributed by atoms with Crippen LogP contribution in [-0.4, -0.2) is 17.5 Å². The Morgan fingerprint density at radius 2 is 2.00 bits per heavy atom. The van der Waals surface area contributed by atoms with Crippen molar-refractivity contribution in [3.8, 4) is 5.75 Å². The maximum Gasteiger partial charge on any atom is 0.275 e. The lowest BCUT2D eigenvalue weighted by Gasteiger charge is -2.07. The summed E-state index contributed by atoms with van der Waals surface area (Å²) in [6.07, 6.45) is 0. The van der Waals surface area contributed by atoms with Crippen molar-refractivity contribution in [1.82, 2.24) is 4.98 Å². The van der Waals surface area contributed by atoms with Crippen LogP contribution in [0, 0.1) is 6.92 Å². The van der Waals surface area contributed by atoms with E-state index >= 15 is 0 Å². The molecular formula is C19H18BrN3O2S. The van der Waals surface area contributed by atoms with Crippen LogP contribution in [0.5, 0.6) is 5.75 Å². The third-order valence-electron chi connectivity index (χ3n) is 3.59. The van der Waals surface area contributed by atoms with Gasteiger partial charge >= 0.3 is 0 Å². The van der Waals surface area contributed by atoms with Gasteiger partial charge in [0.15, 0.2) is 5.13 Å². The van der Waals surface area contributed by atoms with Crippen LogP contribution in [0.3, 0.4) is 0 Å². The molecular weight excluding hydrogens is 414 g/mol. The van der Waals surface area contributed by atoms with Crippen LogP contribution < -0.4 is 15.4 Å². The summed E-state index contributed by atoms with van der Waals surface area (Å²) in [4.78, 5) is 16.8. The second-order valence-corrected chi connectivity index (χ2v) is 7.31. The number of nitrogens with one attached hydrogen (secondary N) is 2. The maximum atomic E-state index is 12.4. The quantitative estimate of drug-likeness (QED) is 0.532. The number of carbonyl (C=O) groups excluding carboxylic acids is 1. The zero-order valence-electron chi connectivity index (χ0n) is 14.4. The van der Waals surface area contributed by atoms with Gasteiger partial charge in [-0.15, -0.1) is 11.3 Å². The van der Waals surface area contributed by atoms with Crippen LogP contribution in [0.15, 0.2) is 52.3 Å². The SMILES string of the molecule is CCOc1ccc(Nc2nc(C(=O)Nc3ccc(Br)cc3C)cs2)cc1. The van der Waals surface area contributed by atoms with Crippen LogP contribution in [0.1, 0.15) is 23.0 Å². The first-order valence-electron chi connectivity index (χ1n) is 8.08. The average Bonchev–Trinajstić information content (AvgIpc) is 3.08. The highest BCUT2D eigenvalue weighted by atomic mass is 79.9. The predicted molar refractivity (Wildman–Crippen MR) is 110 cm³/mol. The molecule has 0 unspecified atom stereocenters. The van der Waals surface area contributed by atoms with Crippen molar-refractivity contribution < 1.29 is 9.53 Å². The number of hydrogen-bond acceptors (Lipinski definition) is 5. The first-order chi connectivity index (χ1) is 12.5. The minimum absolute atomic E-state index is 0.230. The monoisotopic (exact) mass is 431 g/mol. The lowest BCUT2D eigenvalue weighted by atomic mass is 10.2. The van der Waals surface area contributed by atoms with E-state index < -0.39 is 0 Å². The van der Waals surface area contributed by atoms with Crippen molar-refractivity contribution in [1.29, 1.82) is 0 Å². The second kappa shape index (κ2) is 8.33. The zero-order valence-corrected chi connectivity index (χ0v) is 16.8. The summed E-state index contributed by atoms with van der Waals surface area (Å²) < 4.78 is 6.40. The highest BCUT2D eigenvalue weighted by Gasteiger charge is 2.12. The number of thiazole rings is 1. The van der Waals surface area contributed by atoms with Crippen molar-refractivity contribution in [2.45, 2.75) is 13.8 Å². The minimum atomic E-state index is -0.230. The van der Waals surface area contributed by atoms with E-state index in [4.69, 9.17) is 4.74 Å². The van der Waals surface area contributed by atoms with Crippen LogP contribution in [0.2, 0.25) is 0 Å². The van der Waals surface area contributed by atoms with Gasteiger partial charge in [-0.2, -0.15) is 0 Å². The van der Waals surface area contributed by atoms with Gasteiger partial charge in [-0.3, -0.25) is 4.79 Å². The smallest absolute Gasteiger partial charge is 0.275 e. The van der Waals surface area contributed by atoms with Gasteiger partial charge in [0.25, 0.3) is 5.91 Å². The molecule has 0 bridgehead atoms. The highest BCUT2D eigenvalue weighted by molar-refractivity contribution is 9.10. The number of rotatable bonds is 6. The summed E-state index contributed by atoms with van der Waals surface area (Å²) in [5, 5.41) is 8.48. The molecule has 2 aromatic carbocycles. The fraction of sp³-hybridized carbons (Fsp3) is 0.158. The average molecular weight is 432 g/mol. The number of ether oxygens (including phenoxy) is 1. The van der Waals surface area contributed by atoms with Gasteiger partial charge < -0.3 is 15.4 Å². The second-order valence-electron chi connectivity index (χ2n) is 5.53. The molecule has 26 heavy (non-hydrogen) atoms. The molecule has 1 heterocycles. The molecule has 0 saturated heterocycles. The summed E-state index contributed by atoms with van der Waals surface area (Å²) >= 11 is 4.80. The molecule has 0 aliphatic rings. The molecule has 1 amide bonds. The summed E-state index contributed by atoms with van der Waals surface area (Å²) in [6.45, 7) is 4.53. The molecule has 0 saturated carbocycles. The van der Waals surface area contributed by atoms with E-state index in [1.807, 2.05) is 56.3 Å². The number of hydrogen-bond donors (Lipinski definition) is 2. The van der Waals surface area contributed by atoms with Gasteiger partial charge in [-0.1, -0.05) is 15.9 Å². The predicted octanol–water partition coefficient (Wildman–Crippen LogP) is 5.61. The van der Waals surface area contributed by atoms with Crippen molar-refractivity contribution in [2.24, 2.45) is 0 Å². The summed E-state index contributed by atoms with van der Waals surface area (Å²) in [6, 6.07) is 13.3. The highest BCUT2D eigenvalue weighted by Crippen LogP contribution is 2.24. The van der Waals surface area contributed by atoms with Crippen molar-refractivity contribution in [3.63, 3.8) is 0 Å². The van der Waals surface area contributed by atoms with E-state index in [9.17, 15) is 4.79 Å². The molecule has 134 valence electrons. The van der Waals surface area contributed by atoms with Crippen LogP contribution in [0.25, 0.3) is 0 Å². The normalized spacial score (nSPS) is 10.4. The Morgan fingerprint density at radius 3 is 2.69 bits per heavy atom. The van der Waals surface area contributed by atoms with E-state index in [1.165, 1.54) is 11.3 Å². The van der Waals surface area contributed by atoms with E-state index in [0.717, 1.165) is 27.2 Å². The Hall–Kier alpha value is -2.38. The van der Waals surface area contributed by atoms with E-state index in [0.29, 0.717) is 17.4 Å². The summed E-state index contributed by atoms with van der Waals surface area (Å²) in [5.41, 5.74) is 3.02. The first kappa shape index (κ1) is 18.4. The number of nitrogens with zero attached hydrogens (tertiary/aromatic N) is 1. The fourth-order valence-electron chi connectivity index (χ4n) is 2.31. The summed E-state index contributed by atoms with van der Waals surface area (Å²) in [7, 11) is 0. The molecule has 0 aliphatic carbocycles. The number of benzene rings is 2. The Bertz CT molecular complexity index is 909. The first-order valence-corrected chi connectivity index (χ1v) is 9.75. The Kier molecular flexibility index (Phi) is 5.90. The number of aryl methyl sites for hydroxylation is 1. The molecule has 2 N–H and O–H groups in total. The van der Waals surface area contributed by atoms with Gasteiger partial charge in [0.2, 0.25) is 0 Å². The number of anilines is 3. The largest absolute Gasteiger partial charge is 0.494 e. The van der Waals surface area contributed by atoms with E-state index in [2.05, 4.69) is 31.5 Å². The lowest BCUT2D eigenvalue weighted by Crippen LogP contribution is -2.13. The van der Waals surface area contributed by atoms with Gasteiger partial charge in [0, 0.05) is 21.2 Å². The van der Waals surface area contributed by atoms with E-state index in [1.54, 1.807) is 5.38 Å². The number of amides is 1. The third kappa shape index (κ3) is 4.62. The standard InChI is InChI=1S/C19H18BrN3O2S/c1-3-25-15-7-5-14(6-8-15)21-19-23-17(11-26-19)18(24)22-16-9-4-13(20)10-12(16)2/h4-11H,3H2,1-2H3,(H,21,23)(H,22,24). The van der Waals surface area contributed by atoms with Gasteiger partial charge in [-0.25, -0.2) is 4.98 Å². The number of carbonyl (C=O) groups is 1. The van der Waals surface area contributed by atoms with Crippen LogP contribution in [0.4, 0.5) is 16.5 Å². The number of aromatic nitrogens is 1. The maximum absolute atomic E-state index is 12.4. The molecule has 0 atom stereocenters. The Morgan fingerprint density at radius 1 is 1.23 bits per heavy atom. The fourth-order valence-corrected chi connectivity index (χ4v) is 3.50. The van der Waals surface area contributed by atoms with Crippen LogP contribution >= 0.6 is 27.3 Å².